The molecule has 2 rings (SSSR count). The third kappa shape index (κ3) is 4.68. The summed E-state index contributed by atoms with van der Waals surface area (Å²) in [6.07, 6.45) is 0. The van der Waals surface area contributed by atoms with Crippen molar-refractivity contribution >= 4 is 38.9 Å². The molecule has 0 aliphatic carbocycles. The van der Waals surface area contributed by atoms with Crippen molar-refractivity contribution < 1.29 is 9.53 Å². The molecule has 0 saturated heterocycles. The Labute approximate surface area is 142 Å². The zero-order valence-electron chi connectivity index (χ0n) is 12.6. The van der Waals surface area contributed by atoms with Gasteiger partial charge in [-0.15, -0.1) is 11.3 Å². The van der Waals surface area contributed by atoms with E-state index < -0.39 is 0 Å². The summed E-state index contributed by atoms with van der Waals surface area (Å²) in [5.74, 6) is 0.439. The second-order valence-electron chi connectivity index (χ2n) is 4.89. The fourth-order valence-corrected chi connectivity index (χ4v) is 3.08. The summed E-state index contributed by atoms with van der Waals surface area (Å²) in [5, 5.41) is 4.09. The minimum Gasteiger partial charge on any atom is -0.483 e. The minimum atomic E-state index is -0.282. The fraction of sp³-hybridized carbons (Fsp3) is 0.250. The number of carbonyl (C=O) groups is 1. The van der Waals surface area contributed by atoms with Gasteiger partial charge < -0.3 is 4.74 Å². The van der Waals surface area contributed by atoms with Crippen LogP contribution >= 0.6 is 27.3 Å². The Bertz CT molecular complexity index is 710. The highest BCUT2D eigenvalue weighted by Gasteiger charge is 2.06. The van der Waals surface area contributed by atoms with E-state index in [4.69, 9.17) is 4.74 Å². The van der Waals surface area contributed by atoms with Crippen LogP contribution in [0.1, 0.15) is 22.9 Å². The first kappa shape index (κ1) is 16.7. The van der Waals surface area contributed by atoms with Crippen LogP contribution < -0.4 is 10.2 Å². The molecule has 1 N–H and O–H groups in total. The zero-order valence-corrected chi connectivity index (χ0v) is 15.0. The van der Waals surface area contributed by atoms with E-state index in [0.717, 1.165) is 31.3 Å². The van der Waals surface area contributed by atoms with Gasteiger partial charge in [-0.25, -0.2) is 5.43 Å². The van der Waals surface area contributed by atoms with E-state index in [9.17, 15) is 4.79 Å². The molecule has 116 valence electrons. The molecule has 0 bridgehead atoms. The maximum Gasteiger partial charge on any atom is 0.277 e. The summed E-state index contributed by atoms with van der Waals surface area (Å²) in [5.41, 5.74) is 5.37. The largest absolute Gasteiger partial charge is 0.483 e. The van der Waals surface area contributed by atoms with Crippen molar-refractivity contribution in [1.29, 1.82) is 0 Å². The molecule has 1 amide bonds. The first-order valence-corrected chi connectivity index (χ1v) is 8.35. The maximum absolute atomic E-state index is 11.8. The molecule has 0 saturated carbocycles. The molecule has 0 atom stereocenters. The topological polar surface area (TPSA) is 50.7 Å². The lowest BCUT2D eigenvalue weighted by Crippen LogP contribution is -2.25. The van der Waals surface area contributed by atoms with Crippen molar-refractivity contribution in [3.05, 3.63) is 50.1 Å². The Morgan fingerprint density at radius 2 is 2.09 bits per heavy atom. The number of carbonyl (C=O) groups excluding carboxylic acids is 1. The van der Waals surface area contributed by atoms with Gasteiger partial charge in [0.15, 0.2) is 6.61 Å². The Hall–Kier alpha value is -1.66. The highest BCUT2D eigenvalue weighted by Crippen LogP contribution is 2.22. The SMILES string of the molecule is CC(=NNC(=O)COc1cc(C)ccc1C)c1ccc(Br)s1. The van der Waals surface area contributed by atoms with Gasteiger partial charge in [-0.1, -0.05) is 12.1 Å². The van der Waals surface area contributed by atoms with Crippen LogP contribution in [0.2, 0.25) is 0 Å². The quantitative estimate of drug-likeness (QED) is 0.628. The lowest BCUT2D eigenvalue weighted by Gasteiger charge is -2.09. The van der Waals surface area contributed by atoms with E-state index in [1.165, 1.54) is 0 Å². The molecule has 0 spiro atoms. The molecule has 1 aromatic heterocycles. The lowest BCUT2D eigenvalue weighted by molar-refractivity contribution is -0.123. The van der Waals surface area contributed by atoms with Gasteiger partial charge in [-0.2, -0.15) is 5.10 Å². The number of thiophene rings is 1. The molecule has 22 heavy (non-hydrogen) atoms. The number of nitrogens with zero attached hydrogens (tertiary/aromatic N) is 1. The number of benzene rings is 1. The van der Waals surface area contributed by atoms with Gasteiger partial charge >= 0.3 is 0 Å². The summed E-state index contributed by atoms with van der Waals surface area (Å²) in [6, 6.07) is 9.80. The van der Waals surface area contributed by atoms with Crippen molar-refractivity contribution in [2.45, 2.75) is 20.8 Å². The fourth-order valence-electron chi connectivity index (χ4n) is 1.75. The van der Waals surface area contributed by atoms with Crippen LogP contribution in [-0.4, -0.2) is 18.2 Å². The predicted molar refractivity (Wildman–Crippen MR) is 93.8 cm³/mol. The highest BCUT2D eigenvalue weighted by atomic mass is 79.9. The van der Waals surface area contributed by atoms with Crippen LogP contribution in [0.15, 0.2) is 39.2 Å². The van der Waals surface area contributed by atoms with Crippen LogP contribution in [0.3, 0.4) is 0 Å². The average Bonchev–Trinajstić information content (AvgIpc) is 2.92. The number of hydrogen-bond donors (Lipinski definition) is 1. The smallest absolute Gasteiger partial charge is 0.277 e. The molecule has 6 heteroatoms. The molecule has 1 heterocycles. The number of amides is 1. The van der Waals surface area contributed by atoms with Crippen molar-refractivity contribution in [3.63, 3.8) is 0 Å². The van der Waals surface area contributed by atoms with E-state index in [2.05, 4.69) is 26.5 Å². The van der Waals surface area contributed by atoms with E-state index >= 15 is 0 Å². The van der Waals surface area contributed by atoms with Gasteiger partial charge in [0, 0.05) is 0 Å². The molecule has 0 fully saturated rings. The highest BCUT2D eigenvalue weighted by molar-refractivity contribution is 9.11. The molecular weight excluding hydrogens is 364 g/mol. The van der Waals surface area contributed by atoms with E-state index in [0.29, 0.717) is 0 Å². The Morgan fingerprint density at radius 1 is 1.32 bits per heavy atom. The van der Waals surface area contributed by atoms with Crippen LogP contribution in [0, 0.1) is 13.8 Å². The van der Waals surface area contributed by atoms with Crippen LogP contribution in [-0.2, 0) is 4.79 Å². The second kappa shape index (κ2) is 7.56. The second-order valence-corrected chi connectivity index (χ2v) is 7.36. The Kier molecular flexibility index (Phi) is 5.74. The van der Waals surface area contributed by atoms with Crippen LogP contribution in [0.4, 0.5) is 0 Å². The van der Waals surface area contributed by atoms with Gasteiger partial charge in [0.25, 0.3) is 5.91 Å². The minimum absolute atomic E-state index is 0.0603. The number of hydrogen-bond acceptors (Lipinski definition) is 4. The molecule has 0 aliphatic heterocycles. The maximum atomic E-state index is 11.8. The standard InChI is InChI=1S/C16H17BrN2O2S/c1-10-4-5-11(2)13(8-10)21-9-16(20)19-18-12(3)14-6-7-15(17)22-14/h4-8H,9H2,1-3H3,(H,19,20). The normalized spacial score (nSPS) is 11.4. The molecule has 1 aromatic carbocycles. The average molecular weight is 381 g/mol. The summed E-state index contributed by atoms with van der Waals surface area (Å²) < 4.78 is 6.56. The summed E-state index contributed by atoms with van der Waals surface area (Å²) in [4.78, 5) is 12.8. The number of hydrazone groups is 1. The summed E-state index contributed by atoms with van der Waals surface area (Å²) >= 11 is 4.96. The van der Waals surface area contributed by atoms with Crippen molar-refractivity contribution in [2.75, 3.05) is 6.61 Å². The number of aryl methyl sites for hydroxylation is 2. The summed E-state index contributed by atoms with van der Waals surface area (Å²) in [7, 11) is 0. The molecular formula is C16H17BrN2O2S. The third-order valence-corrected chi connectivity index (χ3v) is 4.71. The van der Waals surface area contributed by atoms with Crippen molar-refractivity contribution in [1.82, 2.24) is 5.43 Å². The predicted octanol–water partition coefficient (Wildman–Crippen LogP) is 4.05. The molecule has 4 nitrogen and oxygen atoms in total. The number of nitrogens with one attached hydrogen (secondary N) is 1. The first-order valence-electron chi connectivity index (χ1n) is 6.74. The van der Waals surface area contributed by atoms with Gasteiger partial charge in [0.05, 0.1) is 14.4 Å². The first-order chi connectivity index (χ1) is 10.5. The number of halogens is 1. The molecule has 0 radical (unpaired) electrons. The molecule has 0 aliphatic rings. The lowest BCUT2D eigenvalue weighted by atomic mass is 10.1. The van der Waals surface area contributed by atoms with Crippen LogP contribution in [0.25, 0.3) is 0 Å². The summed E-state index contributed by atoms with van der Waals surface area (Å²) in [6.45, 7) is 5.72. The number of rotatable bonds is 5. The van der Waals surface area contributed by atoms with Gasteiger partial charge in [-0.3, -0.25) is 4.79 Å². The van der Waals surface area contributed by atoms with E-state index in [1.54, 1.807) is 11.3 Å². The zero-order chi connectivity index (χ0) is 16.1. The van der Waals surface area contributed by atoms with Gasteiger partial charge in [0.1, 0.15) is 5.75 Å². The van der Waals surface area contributed by atoms with Gasteiger partial charge in [0.2, 0.25) is 0 Å². The van der Waals surface area contributed by atoms with E-state index in [1.807, 2.05) is 51.1 Å². The van der Waals surface area contributed by atoms with Crippen molar-refractivity contribution in [2.24, 2.45) is 5.10 Å². The van der Waals surface area contributed by atoms with Crippen LogP contribution in [0.5, 0.6) is 5.75 Å². The number of ether oxygens (including phenoxy) is 1. The molecule has 2 aromatic rings. The Balaban J connectivity index is 1.89. The van der Waals surface area contributed by atoms with E-state index in [-0.39, 0.29) is 12.5 Å². The van der Waals surface area contributed by atoms with Crippen molar-refractivity contribution in [3.8, 4) is 5.75 Å². The monoisotopic (exact) mass is 380 g/mol. The van der Waals surface area contributed by atoms with Gasteiger partial charge in [-0.05, 0) is 66.0 Å². The Morgan fingerprint density at radius 3 is 2.77 bits per heavy atom. The molecule has 0 unspecified atom stereocenters. The third-order valence-electron chi connectivity index (χ3n) is 2.98.